The Kier molecular flexibility index (Phi) is 12.0. The van der Waals surface area contributed by atoms with Gasteiger partial charge < -0.3 is 24.8 Å². The first-order valence-electron chi connectivity index (χ1n) is 17.4. The summed E-state index contributed by atoms with van der Waals surface area (Å²) in [5, 5.41) is 8.58. The van der Waals surface area contributed by atoms with E-state index in [2.05, 4.69) is 29.2 Å². The van der Waals surface area contributed by atoms with Crippen LogP contribution >= 0.6 is 0 Å². The minimum atomic E-state index is -1.13. The van der Waals surface area contributed by atoms with Gasteiger partial charge in [-0.25, -0.2) is 4.79 Å². The second-order valence-electron chi connectivity index (χ2n) is 14.3. The molecule has 2 saturated heterocycles. The van der Waals surface area contributed by atoms with Crippen LogP contribution in [0.1, 0.15) is 73.6 Å². The summed E-state index contributed by atoms with van der Waals surface area (Å²) < 4.78 is 20.1. The number of aryl methyl sites for hydroxylation is 1. The van der Waals surface area contributed by atoms with E-state index < -0.39 is 47.2 Å². The minimum absolute atomic E-state index is 0.116. The number of hydrogen-bond acceptors (Lipinski definition) is 10. The van der Waals surface area contributed by atoms with E-state index in [-0.39, 0.29) is 17.6 Å². The van der Waals surface area contributed by atoms with E-state index in [0.29, 0.717) is 31.6 Å². The van der Waals surface area contributed by atoms with Gasteiger partial charge in [0.15, 0.2) is 5.60 Å². The van der Waals surface area contributed by atoms with Gasteiger partial charge in [-0.15, -0.1) is 5.10 Å². The Morgan fingerprint density at radius 3 is 2.50 bits per heavy atom. The van der Waals surface area contributed by atoms with Gasteiger partial charge in [0, 0.05) is 43.4 Å². The molecule has 2 N–H and O–H groups in total. The maximum absolute atomic E-state index is 13.6. The summed E-state index contributed by atoms with van der Waals surface area (Å²) in [5.41, 5.74) is 6.57. The molecular formula is C35H55BN6O6. The number of carbonyl (C=O) groups is 3. The van der Waals surface area contributed by atoms with Gasteiger partial charge in [-0.2, -0.15) is 0 Å². The number of hydrogen-bond donors (Lipinski definition) is 1. The Balaban J connectivity index is 1.55. The number of esters is 1. The Morgan fingerprint density at radius 2 is 1.83 bits per heavy atom. The van der Waals surface area contributed by atoms with Crippen LogP contribution < -0.4 is 5.73 Å². The number of ether oxygens (including phenoxy) is 3. The molecule has 4 rings (SSSR count). The molecule has 0 saturated carbocycles. The molecule has 264 valence electrons. The molecular weight excluding hydrogens is 611 g/mol. The van der Waals surface area contributed by atoms with Gasteiger partial charge in [-0.3, -0.25) is 19.2 Å². The van der Waals surface area contributed by atoms with E-state index in [9.17, 15) is 14.4 Å². The molecule has 0 aliphatic carbocycles. The number of aromatic nitrogens is 3. The van der Waals surface area contributed by atoms with Crippen molar-refractivity contribution in [2.45, 2.75) is 115 Å². The lowest BCUT2D eigenvalue weighted by Crippen LogP contribution is -2.60. The quantitative estimate of drug-likeness (QED) is 0.145. The van der Waals surface area contributed by atoms with Crippen molar-refractivity contribution >= 4 is 31.4 Å². The largest absolute Gasteiger partial charge is 0.458 e. The Morgan fingerprint density at radius 1 is 1.12 bits per heavy atom. The van der Waals surface area contributed by atoms with E-state index in [0.717, 1.165) is 37.1 Å². The Hall–Kier alpha value is -3.45. The number of fused-ring (bicyclic) bond motifs is 1. The number of benzene rings is 1. The van der Waals surface area contributed by atoms with Gasteiger partial charge in [0.2, 0.25) is 0 Å². The number of rotatable bonds is 8. The third kappa shape index (κ3) is 7.72. The molecule has 3 heterocycles. The fraction of sp³-hybridized carbons (Fsp3) is 0.686. The standard InChI is InChI=1S/C35H55BN6O6/c1-9-28-35(6)31(24(4)40(7)17-13-16-34(5,46-8)30(36)22(2)29(43)23(3)32(44)47-28)42(33(45)48-35)19-11-10-18-41-21-27(38-39-41)25-14-12-15-26(37)20-25/h12,14-15,20-24,28,30-31H,9-11,13,16-19,36-37H2,1-8H3/t22-,23+,24-,28+,30+,31+,34+,35+/m0/s1. The van der Waals surface area contributed by atoms with Crippen LogP contribution in [-0.2, 0) is 30.3 Å². The number of cyclic esters (lactones) is 1. The van der Waals surface area contributed by atoms with Crippen LogP contribution in [-0.4, -0.2) is 107 Å². The van der Waals surface area contributed by atoms with E-state index in [1.165, 1.54) is 0 Å². The smallest absolute Gasteiger partial charge is 0.410 e. The number of methoxy groups -OCH3 is 1. The van der Waals surface area contributed by atoms with Gasteiger partial charge in [-0.1, -0.05) is 31.2 Å². The second-order valence-corrected chi connectivity index (χ2v) is 14.3. The van der Waals surface area contributed by atoms with Crippen LogP contribution in [0.3, 0.4) is 0 Å². The molecule has 48 heavy (non-hydrogen) atoms. The average molecular weight is 667 g/mol. The number of amides is 1. The molecule has 0 bridgehead atoms. The number of ketones is 1. The third-order valence-electron chi connectivity index (χ3n) is 11.2. The molecule has 13 heteroatoms. The number of nitrogens with two attached hydrogens (primary N) is 1. The predicted octanol–water partition coefficient (Wildman–Crippen LogP) is 3.99. The first-order chi connectivity index (χ1) is 22.7. The summed E-state index contributed by atoms with van der Waals surface area (Å²) >= 11 is 0. The van der Waals surface area contributed by atoms with E-state index in [4.69, 9.17) is 19.9 Å². The number of unbranched alkanes of at least 4 members (excludes halogenated alkanes) is 1. The summed E-state index contributed by atoms with van der Waals surface area (Å²) in [6.07, 6.45) is 4.18. The van der Waals surface area contributed by atoms with E-state index in [1.54, 1.807) is 23.6 Å². The highest BCUT2D eigenvalue weighted by molar-refractivity contribution is 6.15. The second kappa shape index (κ2) is 15.4. The monoisotopic (exact) mass is 666 g/mol. The van der Waals surface area contributed by atoms with Crippen molar-refractivity contribution in [3.8, 4) is 11.3 Å². The zero-order valence-electron chi connectivity index (χ0n) is 30.3. The molecule has 0 spiro atoms. The molecule has 2 aliphatic heterocycles. The molecule has 1 amide bonds. The van der Waals surface area contributed by atoms with Crippen molar-refractivity contribution in [2.24, 2.45) is 11.8 Å². The Bertz CT molecular complexity index is 1440. The molecule has 2 aliphatic rings. The lowest BCUT2D eigenvalue weighted by Gasteiger charge is -2.43. The van der Waals surface area contributed by atoms with Crippen molar-refractivity contribution < 1.29 is 28.6 Å². The molecule has 12 nitrogen and oxygen atoms in total. The number of nitrogens with zero attached hydrogens (tertiary/aromatic N) is 5. The number of likely N-dealkylation sites (N-methyl/N-ethyl adjacent to an activating group) is 1. The van der Waals surface area contributed by atoms with Crippen molar-refractivity contribution in [3.63, 3.8) is 0 Å². The zero-order valence-corrected chi connectivity index (χ0v) is 30.3. The molecule has 1 aromatic carbocycles. The number of carbonyl (C=O) groups excluding carboxylic acids is 3. The molecule has 0 radical (unpaired) electrons. The topological polar surface area (TPSA) is 142 Å². The summed E-state index contributed by atoms with van der Waals surface area (Å²) in [4.78, 5) is 44.8. The van der Waals surface area contributed by atoms with Crippen LogP contribution in [0.5, 0.6) is 0 Å². The third-order valence-corrected chi connectivity index (χ3v) is 11.2. The van der Waals surface area contributed by atoms with Crippen molar-refractivity contribution in [1.29, 1.82) is 0 Å². The summed E-state index contributed by atoms with van der Waals surface area (Å²) in [6.45, 7) is 13.2. The zero-order chi connectivity index (χ0) is 35.4. The van der Waals surface area contributed by atoms with Crippen LogP contribution in [0.15, 0.2) is 30.5 Å². The lowest BCUT2D eigenvalue weighted by molar-refractivity contribution is -0.171. The van der Waals surface area contributed by atoms with E-state index >= 15 is 0 Å². The normalized spacial score (nSPS) is 32.7. The average Bonchev–Trinajstić information content (AvgIpc) is 3.64. The van der Waals surface area contributed by atoms with Crippen LogP contribution in [0.4, 0.5) is 10.5 Å². The summed E-state index contributed by atoms with van der Waals surface area (Å²) in [7, 11) is 5.76. The SMILES string of the molecule is B[C@@H]1[C@@H](C)C(=O)[C@@H](C)C(=O)O[C@H](CC)[C@@]2(C)OC(=O)N(CCCCn3cc(-c4cccc(N)c4)nn3)[C@@H]2[C@H](C)N(C)CCC[C@@]1(C)OC. The Labute approximate surface area is 286 Å². The maximum atomic E-state index is 13.6. The molecule has 0 unspecified atom stereocenters. The van der Waals surface area contributed by atoms with Gasteiger partial charge >= 0.3 is 12.1 Å². The summed E-state index contributed by atoms with van der Waals surface area (Å²) in [6, 6.07) is 7.01. The minimum Gasteiger partial charge on any atom is -0.458 e. The molecule has 2 fully saturated rings. The molecule has 8 atom stereocenters. The van der Waals surface area contributed by atoms with Gasteiger partial charge in [0.05, 0.1) is 17.8 Å². The summed E-state index contributed by atoms with van der Waals surface area (Å²) in [5.74, 6) is -2.26. The van der Waals surface area contributed by atoms with Crippen molar-refractivity contribution in [2.75, 3.05) is 33.0 Å². The van der Waals surface area contributed by atoms with Crippen molar-refractivity contribution in [1.82, 2.24) is 24.8 Å². The number of nitrogen functional groups attached to an aromatic ring is 1. The predicted molar refractivity (Wildman–Crippen MR) is 187 cm³/mol. The van der Waals surface area contributed by atoms with Crippen LogP contribution in [0.25, 0.3) is 11.3 Å². The van der Waals surface area contributed by atoms with Crippen LogP contribution in [0, 0.1) is 11.8 Å². The number of anilines is 1. The van der Waals surface area contributed by atoms with Crippen molar-refractivity contribution in [3.05, 3.63) is 30.5 Å². The fourth-order valence-corrected chi connectivity index (χ4v) is 7.52. The van der Waals surface area contributed by atoms with Gasteiger partial charge in [0.1, 0.15) is 31.3 Å². The maximum Gasteiger partial charge on any atom is 0.410 e. The molecule has 2 aromatic rings. The highest BCUT2D eigenvalue weighted by Crippen LogP contribution is 2.41. The van der Waals surface area contributed by atoms with Crippen LogP contribution in [0.2, 0.25) is 5.82 Å². The fourth-order valence-electron chi connectivity index (χ4n) is 7.52. The first-order valence-corrected chi connectivity index (χ1v) is 17.4. The first kappa shape index (κ1) is 37.4. The number of Topliss-reactive ketones (excluding diaryl/α,β-unsaturated/α-hetero) is 1. The molecule has 1 aromatic heterocycles. The highest BCUT2D eigenvalue weighted by Gasteiger charge is 2.59. The van der Waals surface area contributed by atoms with Gasteiger partial charge in [0.25, 0.3) is 0 Å². The van der Waals surface area contributed by atoms with Gasteiger partial charge in [-0.05, 0) is 91.3 Å². The highest BCUT2D eigenvalue weighted by atomic mass is 16.6. The van der Waals surface area contributed by atoms with E-state index in [1.807, 2.05) is 66.0 Å². The lowest BCUT2D eigenvalue weighted by atomic mass is 9.63.